The van der Waals surface area contributed by atoms with Crippen molar-refractivity contribution in [2.24, 2.45) is 5.92 Å². The van der Waals surface area contributed by atoms with Crippen molar-refractivity contribution in [2.75, 3.05) is 26.2 Å². The molecule has 1 saturated heterocycles. The molecule has 0 amide bonds. The fourth-order valence-corrected chi connectivity index (χ4v) is 3.36. The Morgan fingerprint density at radius 3 is 3.14 bits per heavy atom. The molecule has 0 spiro atoms. The number of likely N-dealkylation sites (tertiary alicyclic amines) is 1. The van der Waals surface area contributed by atoms with Gasteiger partial charge in [0.1, 0.15) is 0 Å². The van der Waals surface area contributed by atoms with Gasteiger partial charge < -0.3 is 9.64 Å². The van der Waals surface area contributed by atoms with Gasteiger partial charge in [-0.3, -0.25) is 4.79 Å². The predicted molar refractivity (Wildman–Crippen MR) is 86.3 cm³/mol. The second kappa shape index (κ2) is 8.21. The van der Waals surface area contributed by atoms with Gasteiger partial charge in [0.25, 0.3) is 0 Å². The maximum Gasteiger partial charge on any atom is 0.310 e. The molecule has 0 saturated carbocycles. The number of aryl methyl sites for hydroxylation is 1. The average Bonchev–Trinajstić information content (AvgIpc) is 2.90. The number of nitrogens with zero attached hydrogens (tertiary/aromatic N) is 1. The zero-order valence-corrected chi connectivity index (χ0v) is 13.7. The minimum Gasteiger partial charge on any atom is -0.466 e. The van der Waals surface area contributed by atoms with Crippen LogP contribution in [0.25, 0.3) is 0 Å². The van der Waals surface area contributed by atoms with E-state index in [2.05, 4.69) is 35.1 Å². The molecule has 3 nitrogen and oxygen atoms in total. The Balaban J connectivity index is 1.77. The van der Waals surface area contributed by atoms with Crippen LogP contribution >= 0.6 is 11.3 Å². The van der Waals surface area contributed by atoms with Crippen LogP contribution in [0.5, 0.6) is 0 Å². The zero-order chi connectivity index (χ0) is 15.1. The molecule has 21 heavy (non-hydrogen) atoms. The highest BCUT2D eigenvalue weighted by molar-refractivity contribution is 7.10. The molecule has 0 radical (unpaired) electrons. The Morgan fingerprint density at radius 2 is 2.43 bits per heavy atom. The van der Waals surface area contributed by atoms with Gasteiger partial charge >= 0.3 is 5.97 Å². The molecule has 1 fully saturated rings. The van der Waals surface area contributed by atoms with Gasteiger partial charge in [-0.05, 0) is 50.2 Å². The van der Waals surface area contributed by atoms with Crippen molar-refractivity contribution in [3.8, 4) is 11.8 Å². The van der Waals surface area contributed by atoms with Crippen molar-refractivity contribution in [1.82, 2.24) is 4.90 Å². The first-order chi connectivity index (χ1) is 10.2. The standard InChI is InChI=1S/C17H23NO2S/c1-3-20-17(19)15-7-6-11-18(13-15)10-5-4-8-16-14(2)9-12-21-16/h9,12,15H,3,5-7,10-11,13H2,1-2H3/t15-/m1/s1. The fraction of sp³-hybridized carbons (Fsp3) is 0.588. The van der Waals surface area contributed by atoms with Gasteiger partial charge in [0.2, 0.25) is 0 Å². The average molecular weight is 305 g/mol. The first kappa shape index (κ1) is 16.1. The first-order valence-electron chi connectivity index (χ1n) is 7.62. The highest BCUT2D eigenvalue weighted by Gasteiger charge is 2.26. The van der Waals surface area contributed by atoms with Crippen molar-refractivity contribution >= 4 is 17.3 Å². The van der Waals surface area contributed by atoms with Crippen LogP contribution in [0.3, 0.4) is 0 Å². The van der Waals surface area contributed by atoms with E-state index in [-0.39, 0.29) is 11.9 Å². The Hall–Kier alpha value is -1.31. The molecule has 0 N–H and O–H groups in total. The van der Waals surface area contributed by atoms with E-state index in [0.29, 0.717) is 6.61 Å². The third-order valence-corrected chi connectivity index (χ3v) is 4.67. The molecule has 114 valence electrons. The van der Waals surface area contributed by atoms with E-state index in [1.807, 2.05) is 6.92 Å². The summed E-state index contributed by atoms with van der Waals surface area (Å²) in [6, 6.07) is 2.10. The third kappa shape index (κ3) is 4.87. The highest BCUT2D eigenvalue weighted by atomic mass is 32.1. The number of hydrogen-bond donors (Lipinski definition) is 0. The summed E-state index contributed by atoms with van der Waals surface area (Å²) in [6.07, 6.45) is 2.88. The van der Waals surface area contributed by atoms with Crippen molar-refractivity contribution in [1.29, 1.82) is 0 Å². The van der Waals surface area contributed by atoms with E-state index in [1.54, 1.807) is 11.3 Å². The molecular formula is C17H23NO2S. The monoisotopic (exact) mass is 305 g/mol. The lowest BCUT2D eigenvalue weighted by molar-refractivity contribution is -0.149. The first-order valence-corrected chi connectivity index (χ1v) is 8.50. The van der Waals surface area contributed by atoms with Crippen molar-refractivity contribution in [2.45, 2.75) is 33.1 Å². The number of rotatable bonds is 4. The largest absolute Gasteiger partial charge is 0.466 e. The van der Waals surface area contributed by atoms with Gasteiger partial charge in [-0.1, -0.05) is 11.8 Å². The van der Waals surface area contributed by atoms with Gasteiger partial charge in [-0.2, -0.15) is 0 Å². The van der Waals surface area contributed by atoms with Crippen LogP contribution in [0, 0.1) is 24.7 Å². The van der Waals surface area contributed by atoms with Gasteiger partial charge in [-0.15, -0.1) is 11.3 Å². The van der Waals surface area contributed by atoms with Crippen molar-refractivity contribution < 1.29 is 9.53 Å². The Morgan fingerprint density at radius 1 is 1.57 bits per heavy atom. The zero-order valence-electron chi connectivity index (χ0n) is 12.9. The minimum absolute atomic E-state index is 0.0394. The minimum atomic E-state index is -0.0394. The quantitative estimate of drug-likeness (QED) is 0.632. The maximum atomic E-state index is 11.8. The van der Waals surface area contributed by atoms with Crippen LogP contribution < -0.4 is 0 Å². The van der Waals surface area contributed by atoms with E-state index < -0.39 is 0 Å². The van der Waals surface area contributed by atoms with E-state index in [0.717, 1.165) is 43.8 Å². The summed E-state index contributed by atoms with van der Waals surface area (Å²) in [5.74, 6) is 6.49. The van der Waals surface area contributed by atoms with Gasteiger partial charge in [-0.25, -0.2) is 0 Å². The number of carbonyl (C=O) groups is 1. The molecule has 2 rings (SSSR count). The highest BCUT2D eigenvalue weighted by Crippen LogP contribution is 2.18. The summed E-state index contributed by atoms with van der Waals surface area (Å²) in [5, 5.41) is 2.08. The van der Waals surface area contributed by atoms with Crippen LogP contribution in [-0.2, 0) is 9.53 Å². The Labute approximate surface area is 131 Å². The number of hydrogen-bond acceptors (Lipinski definition) is 4. The van der Waals surface area contributed by atoms with Gasteiger partial charge in [0.05, 0.1) is 17.4 Å². The molecule has 0 aliphatic carbocycles. The van der Waals surface area contributed by atoms with Crippen LogP contribution in [0.1, 0.15) is 36.6 Å². The molecule has 4 heteroatoms. The molecular weight excluding hydrogens is 282 g/mol. The van der Waals surface area contributed by atoms with E-state index >= 15 is 0 Å². The number of carbonyl (C=O) groups excluding carboxylic acids is 1. The summed E-state index contributed by atoms with van der Waals surface area (Å²) in [4.78, 5) is 15.3. The lowest BCUT2D eigenvalue weighted by atomic mass is 9.98. The summed E-state index contributed by atoms with van der Waals surface area (Å²) in [5.41, 5.74) is 1.26. The van der Waals surface area contributed by atoms with E-state index in [9.17, 15) is 4.79 Å². The number of esters is 1. The second-order valence-corrected chi connectivity index (χ2v) is 6.29. The number of ether oxygens (including phenoxy) is 1. The lowest BCUT2D eigenvalue weighted by Gasteiger charge is -2.30. The molecule has 1 aliphatic heterocycles. The fourth-order valence-electron chi connectivity index (χ4n) is 2.57. The third-order valence-electron chi connectivity index (χ3n) is 3.74. The summed E-state index contributed by atoms with van der Waals surface area (Å²) in [7, 11) is 0. The summed E-state index contributed by atoms with van der Waals surface area (Å²) >= 11 is 1.70. The molecule has 0 aromatic carbocycles. The Bertz CT molecular complexity index is 526. The maximum absolute atomic E-state index is 11.8. The normalized spacial score (nSPS) is 18.9. The Kier molecular flexibility index (Phi) is 6.28. The molecule has 0 unspecified atom stereocenters. The smallest absolute Gasteiger partial charge is 0.310 e. The summed E-state index contributed by atoms with van der Waals surface area (Å²) in [6.45, 7) is 7.25. The van der Waals surface area contributed by atoms with Crippen LogP contribution in [0.4, 0.5) is 0 Å². The molecule has 0 bridgehead atoms. The SMILES string of the molecule is CCOC(=O)[C@@H]1CCCN(CCC#Cc2sccc2C)C1. The molecule has 1 aromatic heterocycles. The second-order valence-electron chi connectivity index (χ2n) is 5.38. The number of piperidine rings is 1. The summed E-state index contributed by atoms with van der Waals surface area (Å²) < 4.78 is 5.13. The predicted octanol–water partition coefficient (Wildman–Crippen LogP) is 3.07. The molecule has 1 aromatic rings. The van der Waals surface area contributed by atoms with Gasteiger partial charge in [0.15, 0.2) is 0 Å². The molecule has 1 atom stereocenters. The van der Waals surface area contributed by atoms with Crippen LogP contribution in [-0.4, -0.2) is 37.1 Å². The van der Waals surface area contributed by atoms with Gasteiger partial charge in [0, 0.05) is 19.5 Å². The van der Waals surface area contributed by atoms with Crippen LogP contribution in [0.2, 0.25) is 0 Å². The van der Waals surface area contributed by atoms with E-state index in [1.165, 1.54) is 5.56 Å². The molecule has 1 aliphatic rings. The van der Waals surface area contributed by atoms with Crippen LogP contribution in [0.15, 0.2) is 11.4 Å². The topological polar surface area (TPSA) is 29.5 Å². The van der Waals surface area contributed by atoms with Crippen molar-refractivity contribution in [3.05, 3.63) is 21.9 Å². The lowest BCUT2D eigenvalue weighted by Crippen LogP contribution is -2.39. The molecule has 2 heterocycles. The number of thiophene rings is 1. The van der Waals surface area contributed by atoms with E-state index in [4.69, 9.17) is 4.74 Å². The van der Waals surface area contributed by atoms with Crippen molar-refractivity contribution in [3.63, 3.8) is 0 Å².